The first-order valence-electron chi connectivity index (χ1n) is 9.19. The minimum absolute atomic E-state index is 0.150. The smallest absolute Gasteiger partial charge is 0.127 e. The van der Waals surface area contributed by atoms with E-state index in [0.29, 0.717) is 16.9 Å². The molecule has 5 heteroatoms. The molecule has 1 aromatic heterocycles. The number of fused-ring (bicyclic) bond motifs is 1. The Kier molecular flexibility index (Phi) is 5.08. The Bertz CT molecular complexity index is 1090. The van der Waals surface area contributed by atoms with Crippen molar-refractivity contribution in [3.05, 3.63) is 78.5 Å². The molecule has 4 aromatic rings. The highest BCUT2D eigenvalue weighted by atomic mass is 19.1. The first-order valence-corrected chi connectivity index (χ1v) is 9.19. The number of halogens is 1. The molecule has 0 radical (unpaired) electrons. The standard InChI is InChI=1S/C23H21FN2O2/c1-16(27)15-28-22-9-5-6-18(13-24)23(22)17-10-11-21-19(12-17)14-25-26(21)20-7-3-2-4-8-20/h2-12,14,16,27H,13,15H2,1H3. The van der Waals surface area contributed by atoms with Crippen LogP contribution in [0.15, 0.2) is 72.9 Å². The molecule has 1 heterocycles. The summed E-state index contributed by atoms with van der Waals surface area (Å²) in [6.45, 7) is 1.21. The highest BCUT2D eigenvalue weighted by Crippen LogP contribution is 2.36. The summed E-state index contributed by atoms with van der Waals surface area (Å²) in [6, 6.07) is 21.2. The summed E-state index contributed by atoms with van der Waals surface area (Å²) in [5, 5.41) is 15.0. The van der Waals surface area contributed by atoms with E-state index in [-0.39, 0.29) is 6.61 Å². The van der Waals surface area contributed by atoms with Crippen LogP contribution in [0.2, 0.25) is 0 Å². The number of nitrogens with zero attached hydrogens (tertiary/aromatic N) is 2. The zero-order valence-electron chi connectivity index (χ0n) is 15.5. The number of benzene rings is 3. The third kappa shape index (κ3) is 3.49. The van der Waals surface area contributed by atoms with E-state index >= 15 is 0 Å². The van der Waals surface area contributed by atoms with Crippen LogP contribution >= 0.6 is 0 Å². The molecule has 142 valence electrons. The van der Waals surface area contributed by atoms with Gasteiger partial charge in [-0.25, -0.2) is 9.07 Å². The highest BCUT2D eigenvalue weighted by molar-refractivity contribution is 5.87. The number of alkyl halides is 1. The van der Waals surface area contributed by atoms with E-state index in [1.54, 1.807) is 31.3 Å². The van der Waals surface area contributed by atoms with Crippen LogP contribution in [0.3, 0.4) is 0 Å². The fourth-order valence-electron chi connectivity index (χ4n) is 3.31. The lowest BCUT2D eigenvalue weighted by Crippen LogP contribution is -2.13. The Balaban J connectivity index is 1.80. The van der Waals surface area contributed by atoms with Gasteiger partial charge in [0.2, 0.25) is 0 Å². The van der Waals surface area contributed by atoms with E-state index in [1.807, 2.05) is 53.2 Å². The van der Waals surface area contributed by atoms with Crippen molar-refractivity contribution in [2.75, 3.05) is 6.61 Å². The molecule has 4 rings (SSSR count). The Hall–Kier alpha value is -3.18. The summed E-state index contributed by atoms with van der Waals surface area (Å²) in [6.07, 6.45) is 1.20. The maximum Gasteiger partial charge on any atom is 0.127 e. The number of aliphatic hydroxyl groups is 1. The molecule has 28 heavy (non-hydrogen) atoms. The fourth-order valence-corrected chi connectivity index (χ4v) is 3.31. The van der Waals surface area contributed by atoms with Crippen LogP contribution in [-0.2, 0) is 6.67 Å². The van der Waals surface area contributed by atoms with Crippen LogP contribution < -0.4 is 4.74 Å². The summed E-state index contributed by atoms with van der Waals surface area (Å²) >= 11 is 0. The zero-order valence-corrected chi connectivity index (χ0v) is 15.5. The van der Waals surface area contributed by atoms with Gasteiger partial charge in [0.05, 0.1) is 23.5 Å². The predicted octanol–water partition coefficient (Wildman–Crippen LogP) is 4.92. The Morgan fingerprint density at radius 1 is 1.07 bits per heavy atom. The molecule has 0 saturated heterocycles. The number of para-hydroxylation sites is 1. The van der Waals surface area contributed by atoms with Crippen molar-refractivity contribution >= 4 is 10.9 Å². The van der Waals surface area contributed by atoms with Crippen molar-refractivity contribution in [2.45, 2.75) is 19.7 Å². The van der Waals surface area contributed by atoms with Gasteiger partial charge < -0.3 is 9.84 Å². The van der Waals surface area contributed by atoms with Gasteiger partial charge in [-0.2, -0.15) is 5.10 Å². The minimum Gasteiger partial charge on any atom is -0.490 e. The number of hydrogen-bond acceptors (Lipinski definition) is 3. The van der Waals surface area contributed by atoms with Crippen LogP contribution in [0.1, 0.15) is 12.5 Å². The van der Waals surface area contributed by atoms with E-state index in [0.717, 1.165) is 22.2 Å². The van der Waals surface area contributed by atoms with Crippen molar-refractivity contribution in [1.82, 2.24) is 9.78 Å². The lowest BCUT2D eigenvalue weighted by molar-refractivity contribution is 0.123. The van der Waals surface area contributed by atoms with Crippen LogP contribution in [0, 0.1) is 0 Å². The van der Waals surface area contributed by atoms with Gasteiger partial charge in [-0.3, -0.25) is 0 Å². The normalized spacial score (nSPS) is 12.2. The molecule has 0 saturated carbocycles. The fraction of sp³-hybridized carbons (Fsp3) is 0.174. The Labute approximate surface area is 162 Å². The first-order chi connectivity index (χ1) is 13.7. The monoisotopic (exact) mass is 376 g/mol. The van der Waals surface area contributed by atoms with Crippen molar-refractivity contribution in [1.29, 1.82) is 0 Å². The molecular weight excluding hydrogens is 355 g/mol. The van der Waals surface area contributed by atoms with Gasteiger partial charge in [-0.1, -0.05) is 36.4 Å². The summed E-state index contributed by atoms with van der Waals surface area (Å²) in [4.78, 5) is 0. The maximum atomic E-state index is 13.7. The number of aromatic nitrogens is 2. The summed E-state index contributed by atoms with van der Waals surface area (Å²) < 4.78 is 21.3. The van der Waals surface area contributed by atoms with Gasteiger partial charge in [-0.05, 0) is 48.4 Å². The molecule has 1 atom stereocenters. The second-order valence-electron chi connectivity index (χ2n) is 6.75. The first kappa shape index (κ1) is 18.2. The second kappa shape index (κ2) is 7.82. The zero-order chi connectivity index (χ0) is 19.5. The van der Waals surface area contributed by atoms with Gasteiger partial charge >= 0.3 is 0 Å². The van der Waals surface area contributed by atoms with Crippen LogP contribution in [-0.4, -0.2) is 27.6 Å². The largest absolute Gasteiger partial charge is 0.490 e. The predicted molar refractivity (Wildman–Crippen MR) is 108 cm³/mol. The topological polar surface area (TPSA) is 47.3 Å². The van der Waals surface area contributed by atoms with Gasteiger partial charge in [0.15, 0.2) is 0 Å². The number of hydrogen-bond donors (Lipinski definition) is 1. The van der Waals surface area contributed by atoms with E-state index in [2.05, 4.69) is 5.10 Å². The average molecular weight is 376 g/mol. The molecule has 0 amide bonds. The van der Waals surface area contributed by atoms with Crippen molar-refractivity contribution < 1.29 is 14.2 Å². The van der Waals surface area contributed by atoms with E-state index in [9.17, 15) is 9.50 Å². The third-order valence-electron chi connectivity index (χ3n) is 4.59. The molecule has 0 fully saturated rings. The molecule has 3 aromatic carbocycles. The van der Waals surface area contributed by atoms with E-state index in [1.165, 1.54) is 0 Å². The molecule has 1 N–H and O–H groups in total. The number of aliphatic hydroxyl groups excluding tert-OH is 1. The maximum absolute atomic E-state index is 13.7. The van der Waals surface area contributed by atoms with Crippen molar-refractivity contribution in [3.63, 3.8) is 0 Å². The van der Waals surface area contributed by atoms with Gasteiger partial charge in [0.1, 0.15) is 19.0 Å². The van der Waals surface area contributed by atoms with Gasteiger partial charge in [0, 0.05) is 10.9 Å². The van der Waals surface area contributed by atoms with Crippen LogP contribution in [0.25, 0.3) is 27.7 Å². The van der Waals surface area contributed by atoms with Crippen LogP contribution in [0.4, 0.5) is 4.39 Å². The van der Waals surface area contributed by atoms with E-state index in [4.69, 9.17) is 4.74 Å². The molecule has 1 unspecified atom stereocenters. The quantitative estimate of drug-likeness (QED) is 0.519. The minimum atomic E-state index is -0.603. The van der Waals surface area contributed by atoms with Gasteiger partial charge in [0.25, 0.3) is 0 Å². The van der Waals surface area contributed by atoms with Crippen molar-refractivity contribution in [2.24, 2.45) is 0 Å². The van der Waals surface area contributed by atoms with Crippen molar-refractivity contribution in [3.8, 4) is 22.6 Å². The SMILES string of the molecule is CC(O)COc1cccc(CF)c1-c1ccc2c(cnn2-c2ccccc2)c1. The molecule has 0 aliphatic rings. The van der Waals surface area contributed by atoms with E-state index < -0.39 is 12.8 Å². The lowest BCUT2D eigenvalue weighted by Gasteiger charge is -2.16. The molecule has 0 aliphatic heterocycles. The Morgan fingerprint density at radius 3 is 2.64 bits per heavy atom. The second-order valence-corrected chi connectivity index (χ2v) is 6.75. The Morgan fingerprint density at radius 2 is 1.89 bits per heavy atom. The molecule has 4 nitrogen and oxygen atoms in total. The molecule has 0 aliphatic carbocycles. The molecule has 0 spiro atoms. The summed E-state index contributed by atoms with van der Waals surface area (Å²) in [5.74, 6) is 0.561. The summed E-state index contributed by atoms with van der Waals surface area (Å²) in [7, 11) is 0. The number of ether oxygens (including phenoxy) is 1. The summed E-state index contributed by atoms with van der Waals surface area (Å²) in [5.41, 5.74) is 4.07. The highest BCUT2D eigenvalue weighted by Gasteiger charge is 2.14. The lowest BCUT2D eigenvalue weighted by atomic mass is 9.98. The third-order valence-corrected chi connectivity index (χ3v) is 4.59. The molecular formula is C23H21FN2O2. The van der Waals surface area contributed by atoms with Crippen LogP contribution in [0.5, 0.6) is 5.75 Å². The average Bonchev–Trinajstić information content (AvgIpc) is 3.15. The van der Waals surface area contributed by atoms with Gasteiger partial charge in [-0.15, -0.1) is 0 Å². The number of rotatable bonds is 6. The molecule has 0 bridgehead atoms.